The maximum Gasteiger partial charge on any atom is 0.240 e. The number of rotatable bonds is 5. The zero-order valence-electron chi connectivity index (χ0n) is 11.5. The van der Waals surface area contributed by atoms with Gasteiger partial charge in [-0.25, -0.2) is 0 Å². The fourth-order valence-electron chi connectivity index (χ4n) is 1.87. The first-order valence-electron chi connectivity index (χ1n) is 6.22. The number of hydrogen-bond donors (Lipinski definition) is 1. The van der Waals surface area contributed by atoms with Crippen molar-refractivity contribution in [1.29, 1.82) is 0 Å². The predicted octanol–water partition coefficient (Wildman–Crippen LogP) is 2.16. The Kier molecular flexibility index (Phi) is 3.97. The monoisotopic (exact) mass is 261 g/mol. The third-order valence-corrected chi connectivity index (χ3v) is 3.07. The van der Waals surface area contributed by atoms with Gasteiger partial charge in [0, 0.05) is 19.1 Å². The lowest BCUT2D eigenvalue weighted by Crippen LogP contribution is -2.25. The first kappa shape index (κ1) is 13.7. The summed E-state index contributed by atoms with van der Waals surface area (Å²) >= 11 is 0. The number of ether oxygens (including phenoxy) is 1. The molecule has 0 aliphatic heterocycles. The van der Waals surface area contributed by atoms with E-state index in [1.807, 2.05) is 32.0 Å². The Hall–Kier alpha value is -1.72. The van der Waals surface area contributed by atoms with Crippen molar-refractivity contribution in [3.8, 4) is 11.4 Å². The van der Waals surface area contributed by atoms with Crippen molar-refractivity contribution in [1.82, 2.24) is 10.1 Å². The molecule has 2 rings (SSSR count). The molecule has 0 fully saturated rings. The largest absolute Gasteiger partial charge is 0.378 e. The normalized spacial score (nSPS) is 11.8. The number of hydrogen-bond acceptors (Lipinski definition) is 5. The quantitative estimate of drug-likeness (QED) is 0.892. The summed E-state index contributed by atoms with van der Waals surface area (Å²) in [6.07, 6.45) is 0.770. The molecule has 0 bridgehead atoms. The van der Waals surface area contributed by atoms with E-state index in [9.17, 15) is 0 Å². The van der Waals surface area contributed by atoms with Crippen LogP contribution in [0.25, 0.3) is 11.4 Å². The van der Waals surface area contributed by atoms with Crippen LogP contribution in [0.1, 0.15) is 25.3 Å². The second-order valence-corrected chi connectivity index (χ2v) is 5.01. The summed E-state index contributed by atoms with van der Waals surface area (Å²) in [7, 11) is 1.71. The van der Waals surface area contributed by atoms with E-state index in [4.69, 9.17) is 15.0 Å². The van der Waals surface area contributed by atoms with Crippen molar-refractivity contribution < 1.29 is 9.26 Å². The SMILES string of the molecule is COC(C)(C)Cc1ccccc1-c1noc(CN)n1. The average molecular weight is 261 g/mol. The van der Waals surface area contributed by atoms with Gasteiger partial charge in [0.05, 0.1) is 12.1 Å². The van der Waals surface area contributed by atoms with Crippen molar-refractivity contribution in [2.45, 2.75) is 32.4 Å². The maximum absolute atomic E-state index is 5.49. The fourth-order valence-corrected chi connectivity index (χ4v) is 1.87. The van der Waals surface area contributed by atoms with Gasteiger partial charge in [-0.05, 0) is 19.4 Å². The molecule has 1 heterocycles. The highest BCUT2D eigenvalue weighted by Crippen LogP contribution is 2.25. The van der Waals surface area contributed by atoms with E-state index < -0.39 is 0 Å². The molecule has 1 aromatic carbocycles. The molecule has 0 amide bonds. The van der Waals surface area contributed by atoms with Crippen LogP contribution in [0.3, 0.4) is 0 Å². The van der Waals surface area contributed by atoms with Crippen molar-refractivity contribution >= 4 is 0 Å². The molecule has 0 aliphatic rings. The molecule has 0 saturated carbocycles. The Morgan fingerprint density at radius 2 is 2.05 bits per heavy atom. The van der Waals surface area contributed by atoms with Crippen LogP contribution >= 0.6 is 0 Å². The first-order valence-corrected chi connectivity index (χ1v) is 6.22. The molecule has 0 aliphatic carbocycles. The van der Waals surface area contributed by atoms with Crippen LogP contribution in [0.15, 0.2) is 28.8 Å². The summed E-state index contributed by atoms with van der Waals surface area (Å²) in [6, 6.07) is 7.98. The Labute approximate surface area is 112 Å². The summed E-state index contributed by atoms with van der Waals surface area (Å²) in [6.45, 7) is 4.34. The Balaban J connectivity index is 2.35. The molecule has 2 aromatic rings. The summed E-state index contributed by atoms with van der Waals surface area (Å²) in [4.78, 5) is 4.27. The van der Waals surface area contributed by atoms with E-state index in [2.05, 4.69) is 16.2 Å². The molecule has 102 valence electrons. The smallest absolute Gasteiger partial charge is 0.240 e. The Morgan fingerprint density at radius 3 is 2.68 bits per heavy atom. The maximum atomic E-state index is 5.49. The van der Waals surface area contributed by atoms with Gasteiger partial charge in [-0.1, -0.05) is 29.4 Å². The van der Waals surface area contributed by atoms with E-state index in [1.165, 1.54) is 0 Å². The number of benzene rings is 1. The van der Waals surface area contributed by atoms with Crippen molar-refractivity contribution in [3.05, 3.63) is 35.7 Å². The molecule has 19 heavy (non-hydrogen) atoms. The van der Waals surface area contributed by atoms with Gasteiger partial charge in [0.15, 0.2) is 0 Å². The highest BCUT2D eigenvalue weighted by molar-refractivity contribution is 5.59. The van der Waals surface area contributed by atoms with Crippen LogP contribution in [0.5, 0.6) is 0 Å². The third-order valence-electron chi connectivity index (χ3n) is 3.07. The minimum absolute atomic E-state index is 0.240. The molecular weight excluding hydrogens is 242 g/mol. The van der Waals surface area contributed by atoms with Gasteiger partial charge < -0.3 is 15.0 Å². The van der Waals surface area contributed by atoms with Crippen LogP contribution in [-0.4, -0.2) is 22.9 Å². The molecule has 2 N–H and O–H groups in total. The zero-order chi connectivity index (χ0) is 13.9. The molecule has 0 spiro atoms. The van der Waals surface area contributed by atoms with Gasteiger partial charge in [-0.2, -0.15) is 4.98 Å². The summed E-state index contributed by atoms with van der Waals surface area (Å²) < 4.78 is 10.5. The van der Waals surface area contributed by atoms with Crippen molar-refractivity contribution in [2.75, 3.05) is 7.11 Å². The molecule has 0 saturated heterocycles. The summed E-state index contributed by atoms with van der Waals surface area (Å²) in [5.74, 6) is 1.01. The van der Waals surface area contributed by atoms with E-state index >= 15 is 0 Å². The molecule has 5 nitrogen and oxygen atoms in total. The lowest BCUT2D eigenvalue weighted by Gasteiger charge is -2.23. The first-order chi connectivity index (χ1) is 9.05. The lowest BCUT2D eigenvalue weighted by molar-refractivity contribution is 0.0233. The van der Waals surface area contributed by atoms with E-state index in [-0.39, 0.29) is 12.1 Å². The zero-order valence-corrected chi connectivity index (χ0v) is 11.5. The molecule has 1 aromatic heterocycles. The van der Waals surface area contributed by atoms with Gasteiger partial charge in [-0.15, -0.1) is 0 Å². The van der Waals surface area contributed by atoms with Crippen LogP contribution in [-0.2, 0) is 17.7 Å². The Morgan fingerprint density at radius 1 is 1.32 bits per heavy atom. The Bertz CT molecular complexity index is 549. The van der Waals surface area contributed by atoms with Gasteiger partial charge in [-0.3, -0.25) is 0 Å². The van der Waals surface area contributed by atoms with Crippen molar-refractivity contribution in [2.24, 2.45) is 5.73 Å². The lowest BCUT2D eigenvalue weighted by atomic mass is 9.94. The van der Waals surface area contributed by atoms with Crippen LogP contribution in [0.4, 0.5) is 0 Å². The van der Waals surface area contributed by atoms with E-state index in [0.29, 0.717) is 11.7 Å². The van der Waals surface area contributed by atoms with Gasteiger partial charge in [0.25, 0.3) is 0 Å². The second-order valence-electron chi connectivity index (χ2n) is 5.01. The van der Waals surface area contributed by atoms with E-state index in [0.717, 1.165) is 17.5 Å². The minimum Gasteiger partial charge on any atom is -0.378 e. The van der Waals surface area contributed by atoms with Gasteiger partial charge in [0.1, 0.15) is 0 Å². The number of nitrogens with zero attached hydrogens (tertiary/aromatic N) is 2. The standard InChI is InChI=1S/C14H19N3O2/c1-14(2,18-3)8-10-6-4-5-7-11(10)13-16-12(9-15)19-17-13/h4-7H,8-9,15H2,1-3H3. The minimum atomic E-state index is -0.240. The molecule has 5 heteroatoms. The number of methoxy groups -OCH3 is 1. The average Bonchev–Trinajstić information content (AvgIpc) is 2.87. The topological polar surface area (TPSA) is 74.2 Å². The van der Waals surface area contributed by atoms with Gasteiger partial charge in [0.2, 0.25) is 11.7 Å². The van der Waals surface area contributed by atoms with Crippen LogP contribution in [0, 0.1) is 0 Å². The highest BCUT2D eigenvalue weighted by Gasteiger charge is 2.20. The molecule has 0 atom stereocenters. The third kappa shape index (κ3) is 3.19. The van der Waals surface area contributed by atoms with Crippen molar-refractivity contribution in [3.63, 3.8) is 0 Å². The molecular formula is C14H19N3O2. The summed E-state index contributed by atoms with van der Waals surface area (Å²) in [5.41, 5.74) is 7.33. The second kappa shape index (κ2) is 5.50. The fraction of sp³-hybridized carbons (Fsp3) is 0.429. The van der Waals surface area contributed by atoms with Gasteiger partial charge >= 0.3 is 0 Å². The highest BCUT2D eigenvalue weighted by atomic mass is 16.5. The molecule has 0 unspecified atom stereocenters. The number of aromatic nitrogens is 2. The van der Waals surface area contributed by atoms with E-state index in [1.54, 1.807) is 7.11 Å². The molecule has 0 radical (unpaired) electrons. The van der Waals surface area contributed by atoms with Crippen LogP contribution < -0.4 is 5.73 Å². The number of nitrogens with two attached hydrogens (primary N) is 1. The summed E-state index contributed by atoms with van der Waals surface area (Å²) in [5, 5.41) is 3.97. The predicted molar refractivity (Wildman–Crippen MR) is 72.4 cm³/mol. The van der Waals surface area contributed by atoms with Crippen LogP contribution in [0.2, 0.25) is 0 Å².